The second-order valence-corrected chi connectivity index (χ2v) is 4.30. The highest BCUT2D eigenvalue weighted by Crippen LogP contribution is 2.28. The zero-order valence-corrected chi connectivity index (χ0v) is 9.73. The molecule has 0 aliphatic heterocycles. The van der Waals surface area contributed by atoms with E-state index in [2.05, 4.69) is 10.4 Å². The Morgan fingerprint density at radius 2 is 2.31 bits per heavy atom. The monoisotopic (exact) mass is 257 g/mol. The van der Waals surface area contributed by atoms with Gasteiger partial charge in [0.15, 0.2) is 0 Å². The molecule has 3 nitrogen and oxygen atoms in total. The molecule has 3 N–H and O–H groups in total. The third-order valence-electron chi connectivity index (χ3n) is 2.18. The number of benzene rings is 1. The van der Waals surface area contributed by atoms with Crippen LogP contribution < -0.4 is 11.3 Å². The van der Waals surface area contributed by atoms with Crippen molar-refractivity contribution in [3.63, 3.8) is 0 Å². The molecule has 0 aliphatic carbocycles. The molecule has 0 radical (unpaired) electrons. The molecule has 0 aliphatic rings. The van der Waals surface area contributed by atoms with Crippen LogP contribution in [0.1, 0.15) is 17.3 Å². The third-order valence-corrected chi connectivity index (χ3v) is 3.13. The second kappa shape index (κ2) is 4.88. The van der Waals surface area contributed by atoms with E-state index in [9.17, 15) is 4.39 Å². The summed E-state index contributed by atoms with van der Waals surface area (Å²) in [6.45, 7) is 0. The molecular weight excluding hydrogens is 249 g/mol. The minimum atomic E-state index is -0.394. The summed E-state index contributed by atoms with van der Waals surface area (Å²) in [5.74, 6) is 5.10. The van der Waals surface area contributed by atoms with Crippen molar-refractivity contribution in [1.82, 2.24) is 10.4 Å². The first-order valence-electron chi connectivity index (χ1n) is 4.51. The van der Waals surface area contributed by atoms with Gasteiger partial charge >= 0.3 is 0 Å². The molecule has 0 spiro atoms. The van der Waals surface area contributed by atoms with Crippen LogP contribution in [0.25, 0.3) is 0 Å². The molecule has 1 aromatic carbocycles. The van der Waals surface area contributed by atoms with Crippen molar-refractivity contribution in [2.45, 2.75) is 6.04 Å². The van der Waals surface area contributed by atoms with Gasteiger partial charge in [-0.25, -0.2) is 14.8 Å². The van der Waals surface area contributed by atoms with Crippen molar-refractivity contribution in [2.24, 2.45) is 5.84 Å². The highest BCUT2D eigenvalue weighted by molar-refractivity contribution is 7.07. The van der Waals surface area contributed by atoms with Crippen LogP contribution in [-0.2, 0) is 0 Å². The number of halogens is 2. The van der Waals surface area contributed by atoms with Gasteiger partial charge in [-0.05, 0) is 23.8 Å². The number of nitrogens with one attached hydrogen (secondary N) is 1. The number of hydrazine groups is 1. The maximum Gasteiger partial charge on any atom is 0.123 e. The van der Waals surface area contributed by atoms with Crippen LogP contribution in [0.15, 0.2) is 29.1 Å². The summed E-state index contributed by atoms with van der Waals surface area (Å²) in [4.78, 5) is 4.13. The summed E-state index contributed by atoms with van der Waals surface area (Å²) >= 11 is 7.44. The van der Waals surface area contributed by atoms with E-state index in [1.54, 1.807) is 5.51 Å². The van der Waals surface area contributed by atoms with E-state index in [1.807, 2.05) is 5.38 Å². The molecule has 0 saturated carbocycles. The van der Waals surface area contributed by atoms with Crippen LogP contribution in [0, 0.1) is 5.82 Å². The van der Waals surface area contributed by atoms with Crippen LogP contribution in [0.5, 0.6) is 0 Å². The summed E-state index contributed by atoms with van der Waals surface area (Å²) in [6, 6.07) is 3.77. The molecule has 0 bridgehead atoms. The van der Waals surface area contributed by atoms with Gasteiger partial charge in [0.25, 0.3) is 0 Å². The largest absolute Gasteiger partial charge is 0.271 e. The van der Waals surface area contributed by atoms with Crippen LogP contribution in [0.3, 0.4) is 0 Å². The summed E-state index contributed by atoms with van der Waals surface area (Å²) in [6.07, 6.45) is 0. The Hall–Kier alpha value is -1.01. The summed E-state index contributed by atoms with van der Waals surface area (Å²) in [5, 5.41) is 2.29. The van der Waals surface area contributed by atoms with Crippen LogP contribution in [0.2, 0.25) is 5.02 Å². The maximum atomic E-state index is 13.1. The number of rotatable bonds is 3. The van der Waals surface area contributed by atoms with Crippen molar-refractivity contribution >= 4 is 22.9 Å². The van der Waals surface area contributed by atoms with Crippen LogP contribution in [-0.4, -0.2) is 4.98 Å². The molecule has 1 heterocycles. The minimum Gasteiger partial charge on any atom is -0.271 e. The van der Waals surface area contributed by atoms with Gasteiger partial charge in [0.1, 0.15) is 5.82 Å². The average molecular weight is 258 g/mol. The lowest BCUT2D eigenvalue weighted by molar-refractivity contribution is 0.599. The Morgan fingerprint density at radius 3 is 2.94 bits per heavy atom. The number of nitrogens with two attached hydrogens (primary N) is 1. The number of hydrogen-bond acceptors (Lipinski definition) is 4. The lowest BCUT2D eigenvalue weighted by Crippen LogP contribution is -2.29. The molecule has 0 saturated heterocycles. The fourth-order valence-corrected chi connectivity index (χ4v) is 2.24. The standard InChI is InChI=1S/C10H9ClFN3S/c11-8-2-1-6(12)3-7(8)10(15-13)9-4-16-5-14-9/h1-5,10,15H,13H2. The Labute approximate surface area is 101 Å². The topological polar surface area (TPSA) is 50.9 Å². The smallest absolute Gasteiger partial charge is 0.123 e. The molecule has 2 rings (SSSR count). The van der Waals surface area contributed by atoms with E-state index in [0.717, 1.165) is 5.69 Å². The summed E-state index contributed by atoms with van der Waals surface area (Å²) < 4.78 is 13.1. The highest BCUT2D eigenvalue weighted by atomic mass is 35.5. The molecule has 1 aromatic heterocycles. The van der Waals surface area contributed by atoms with E-state index in [0.29, 0.717) is 10.6 Å². The SMILES string of the molecule is NNC(c1cscn1)c1cc(F)ccc1Cl. The fourth-order valence-electron chi connectivity index (χ4n) is 1.43. The normalized spacial score (nSPS) is 12.7. The predicted octanol–water partition coefficient (Wildman–Crippen LogP) is 2.49. The zero-order chi connectivity index (χ0) is 11.5. The first-order valence-corrected chi connectivity index (χ1v) is 5.83. The first kappa shape index (κ1) is 11.5. The van der Waals surface area contributed by atoms with Gasteiger partial charge in [-0.2, -0.15) is 0 Å². The van der Waals surface area contributed by atoms with Gasteiger partial charge in [0.2, 0.25) is 0 Å². The minimum absolute atomic E-state index is 0.352. The lowest BCUT2D eigenvalue weighted by Gasteiger charge is -2.15. The highest BCUT2D eigenvalue weighted by Gasteiger charge is 2.17. The van der Waals surface area contributed by atoms with Crippen molar-refractivity contribution in [1.29, 1.82) is 0 Å². The van der Waals surface area contributed by atoms with Gasteiger partial charge in [-0.3, -0.25) is 5.84 Å². The molecule has 0 fully saturated rings. The van der Waals surface area contributed by atoms with E-state index in [4.69, 9.17) is 17.4 Å². The van der Waals surface area contributed by atoms with Gasteiger partial charge in [0, 0.05) is 10.4 Å². The van der Waals surface area contributed by atoms with E-state index in [1.165, 1.54) is 29.5 Å². The zero-order valence-electron chi connectivity index (χ0n) is 8.15. The molecule has 0 amide bonds. The number of hydrogen-bond donors (Lipinski definition) is 2. The average Bonchev–Trinajstić information content (AvgIpc) is 2.78. The molecule has 1 unspecified atom stereocenters. The fraction of sp³-hybridized carbons (Fsp3) is 0.100. The third kappa shape index (κ3) is 2.22. The van der Waals surface area contributed by atoms with Gasteiger partial charge in [-0.1, -0.05) is 11.6 Å². The molecule has 16 heavy (non-hydrogen) atoms. The Kier molecular flexibility index (Phi) is 3.50. The Bertz CT molecular complexity index is 475. The molecule has 84 valence electrons. The number of nitrogens with zero attached hydrogens (tertiary/aromatic N) is 1. The van der Waals surface area contributed by atoms with Crippen molar-refractivity contribution in [2.75, 3.05) is 0 Å². The van der Waals surface area contributed by atoms with Crippen molar-refractivity contribution < 1.29 is 4.39 Å². The van der Waals surface area contributed by atoms with E-state index < -0.39 is 6.04 Å². The van der Waals surface area contributed by atoms with Gasteiger partial charge in [0.05, 0.1) is 17.2 Å². The molecule has 2 aromatic rings. The maximum absolute atomic E-state index is 13.1. The summed E-state index contributed by atoms with van der Waals surface area (Å²) in [7, 11) is 0. The van der Waals surface area contributed by atoms with E-state index >= 15 is 0 Å². The van der Waals surface area contributed by atoms with Gasteiger partial charge < -0.3 is 0 Å². The molecule has 6 heteroatoms. The van der Waals surface area contributed by atoms with Gasteiger partial charge in [-0.15, -0.1) is 11.3 Å². The molecular formula is C10H9ClFN3S. The Morgan fingerprint density at radius 1 is 1.50 bits per heavy atom. The quantitative estimate of drug-likeness (QED) is 0.656. The van der Waals surface area contributed by atoms with Crippen molar-refractivity contribution in [3.05, 3.63) is 51.2 Å². The number of thiazole rings is 1. The first-order chi connectivity index (χ1) is 7.72. The van der Waals surface area contributed by atoms with Crippen LogP contribution >= 0.6 is 22.9 Å². The number of aromatic nitrogens is 1. The molecule has 1 atom stereocenters. The second-order valence-electron chi connectivity index (χ2n) is 3.18. The summed E-state index contributed by atoms with van der Waals surface area (Å²) in [5.41, 5.74) is 5.57. The lowest BCUT2D eigenvalue weighted by atomic mass is 10.1. The van der Waals surface area contributed by atoms with Crippen molar-refractivity contribution in [3.8, 4) is 0 Å². The van der Waals surface area contributed by atoms with E-state index in [-0.39, 0.29) is 5.82 Å². The Balaban J connectivity index is 2.44. The predicted molar refractivity (Wildman–Crippen MR) is 62.7 cm³/mol. The van der Waals surface area contributed by atoms with Crippen LogP contribution in [0.4, 0.5) is 4.39 Å².